The van der Waals surface area contributed by atoms with Crippen LogP contribution in [0.1, 0.15) is 13.8 Å². The molecule has 0 aliphatic heterocycles. The molecule has 0 bridgehead atoms. The van der Waals surface area contributed by atoms with Gasteiger partial charge in [0.1, 0.15) is 0 Å². The Hall–Kier alpha value is -0.370. The monoisotopic (exact) mass is 117 g/mol. The number of rotatable bonds is 2. The third-order valence-corrected chi connectivity index (χ3v) is 1.12. The van der Waals surface area contributed by atoms with Crippen molar-refractivity contribution in [2.24, 2.45) is 11.7 Å². The molecule has 0 saturated heterocycles. The number of hydrogen-bond donors (Lipinski definition) is 1. The van der Waals surface area contributed by atoms with Gasteiger partial charge in [-0.2, -0.15) is 0 Å². The molecule has 0 aliphatic rings. The minimum atomic E-state index is 0.241. The van der Waals surface area contributed by atoms with Crippen molar-refractivity contribution in [3.05, 3.63) is 11.9 Å². The van der Waals surface area contributed by atoms with E-state index in [-0.39, 0.29) is 5.92 Å². The van der Waals surface area contributed by atoms with Crippen LogP contribution in [0.4, 0.5) is 4.39 Å². The van der Waals surface area contributed by atoms with Gasteiger partial charge in [0, 0.05) is 6.54 Å². The third kappa shape index (κ3) is 2.07. The zero-order valence-electron chi connectivity index (χ0n) is 5.32. The summed E-state index contributed by atoms with van der Waals surface area (Å²) >= 11 is 0. The summed E-state index contributed by atoms with van der Waals surface area (Å²) in [5.74, 6) is 0.241. The van der Waals surface area contributed by atoms with Gasteiger partial charge in [-0.1, -0.05) is 13.8 Å². The molecule has 0 rings (SSSR count). The lowest BCUT2D eigenvalue weighted by molar-refractivity contribution is 0.654. The Morgan fingerprint density at radius 1 is 1.75 bits per heavy atom. The fourth-order valence-corrected chi connectivity index (χ4v) is 0.406. The first-order chi connectivity index (χ1) is 3.72. The normalized spacial score (nSPS) is 12.9. The van der Waals surface area contributed by atoms with E-state index in [4.69, 9.17) is 5.73 Å². The second-order valence-corrected chi connectivity index (χ2v) is 2.04. The summed E-state index contributed by atoms with van der Waals surface area (Å²) in [5, 5.41) is 0. The van der Waals surface area contributed by atoms with E-state index in [9.17, 15) is 4.39 Å². The Bertz CT molecular complexity index is 86.5. The zero-order valence-corrected chi connectivity index (χ0v) is 5.32. The average molecular weight is 117 g/mol. The van der Waals surface area contributed by atoms with Gasteiger partial charge in [0.25, 0.3) is 0 Å². The average Bonchev–Trinajstić information content (AvgIpc) is 1.69. The fourth-order valence-electron chi connectivity index (χ4n) is 0.406. The topological polar surface area (TPSA) is 26.0 Å². The predicted molar refractivity (Wildman–Crippen MR) is 33.1 cm³/mol. The Morgan fingerprint density at radius 2 is 2.25 bits per heavy atom. The second-order valence-electron chi connectivity index (χ2n) is 2.04. The first-order valence-electron chi connectivity index (χ1n) is 2.71. The van der Waals surface area contributed by atoms with Crippen LogP contribution in [-0.4, -0.2) is 6.54 Å². The Morgan fingerprint density at radius 3 is 2.25 bits per heavy atom. The van der Waals surface area contributed by atoms with Crippen LogP contribution < -0.4 is 5.73 Å². The molecule has 0 spiro atoms. The molecule has 0 aromatic heterocycles. The largest absolute Gasteiger partial charge is 0.327 e. The molecule has 0 saturated carbocycles. The van der Waals surface area contributed by atoms with E-state index in [2.05, 4.69) is 0 Å². The lowest BCUT2D eigenvalue weighted by atomic mass is 10.1. The molecular weight excluding hydrogens is 105 g/mol. The SMILES string of the molecule is CC(C)/C(=C/F)CN. The summed E-state index contributed by atoms with van der Waals surface area (Å²) in [7, 11) is 0. The first-order valence-corrected chi connectivity index (χ1v) is 2.71. The molecule has 8 heavy (non-hydrogen) atoms. The quantitative estimate of drug-likeness (QED) is 0.582. The van der Waals surface area contributed by atoms with Crippen molar-refractivity contribution in [1.82, 2.24) is 0 Å². The maximum Gasteiger partial charge on any atom is 0.0874 e. The van der Waals surface area contributed by atoms with Crippen molar-refractivity contribution in [1.29, 1.82) is 0 Å². The van der Waals surface area contributed by atoms with Gasteiger partial charge in [0.15, 0.2) is 0 Å². The van der Waals surface area contributed by atoms with E-state index >= 15 is 0 Å². The predicted octanol–water partition coefficient (Wildman–Crippen LogP) is 1.45. The van der Waals surface area contributed by atoms with Gasteiger partial charge >= 0.3 is 0 Å². The van der Waals surface area contributed by atoms with Crippen LogP contribution in [-0.2, 0) is 0 Å². The smallest absolute Gasteiger partial charge is 0.0874 e. The van der Waals surface area contributed by atoms with Gasteiger partial charge in [0.2, 0.25) is 0 Å². The number of hydrogen-bond acceptors (Lipinski definition) is 1. The maximum absolute atomic E-state index is 11.7. The summed E-state index contributed by atoms with van der Waals surface area (Å²) < 4.78 is 11.7. The lowest BCUT2D eigenvalue weighted by Gasteiger charge is -2.03. The third-order valence-electron chi connectivity index (χ3n) is 1.12. The second kappa shape index (κ2) is 3.61. The highest BCUT2D eigenvalue weighted by Gasteiger charge is 1.98. The van der Waals surface area contributed by atoms with Crippen molar-refractivity contribution in [2.45, 2.75) is 13.8 Å². The van der Waals surface area contributed by atoms with Crippen LogP contribution in [0.5, 0.6) is 0 Å². The van der Waals surface area contributed by atoms with Gasteiger partial charge in [-0.05, 0) is 11.5 Å². The molecule has 0 aliphatic carbocycles. The van der Waals surface area contributed by atoms with Gasteiger partial charge in [-0.25, -0.2) is 4.39 Å². The zero-order chi connectivity index (χ0) is 6.57. The minimum absolute atomic E-state index is 0.241. The van der Waals surface area contributed by atoms with Gasteiger partial charge < -0.3 is 5.73 Å². The molecule has 0 fully saturated rings. The van der Waals surface area contributed by atoms with Crippen LogP contribution in [0, 0.1) is 5.92 Å². The van der Waals surface area contributed by atoms with Crippen LogP contribution in [0.15, 0.2) is 11.9 Å². The molecule has 0 aromatic carbocycles. The van der Waals surface area contributed by atoms with Crippen molar-refractivity contribution >= 4 is 0 Å². The van der Waals surface area contributed by atoms with Crippen molar-refractivity contribution < 1.29 is 4.39 Å². The molecule has 0 unspecified atom stereocenters. The van der Waals surface area contributed by atoms with Crippen LogP contribution in [0.3, 0.4) is 0 Å². The molecule has 0 aromatic rings. The van der Waals surface area contributed by atoms with Crippen LogP contribution in [0.25, 0.3) is 0 Å². The standard InChI is InChI=1S/C6H12FN/c1-5(2)6(3-7)4-8/h3,5H,4,8H2,1-2H3/b6-3+. The van der Waals surface area contributed by atoms with Gasteiger partial charge in [-0.15, -0.1) is 0 Å². The molecule has 0 radical (unpaired) electrons. The van der Waals surface area contributed by atoms with E-state index in [1.165, 1.54) is 0 Å². The Labute approximate surface area is 49.4 Å². The highest BCUT2D eigenvalue weighted by Crippen LogP contribution is 2.06. The van der Waals surface area contributed by atoms with Crippen molar-refractivity contribution in [3.8, 4) is 0 Å². The number of halogens is 1. The van der Waals surface area contributed by atoms with Gasteiger partial charge in [0.05, 0.1) is 6.33 Å². The molecule has 2 heteroatoms. The van der Waals surface area contributed by atoms with E-state index in [0.29, 0.717) is 18.4 Å². The van der Waals surface area contributed by atoms with Crippen molar-refractivity contribution in [2.75, 3.05) is 6.54 Å². The molecule has 0 heterocycles. The molecule has 2 N–H and O–H groups in total. The van der Waals surface area contributed by atoms with E-state index in [1.54, 1.807) is 0 Å². The summed E-state index contributed by atoms with van der Waals surface area (Å²) in [6, 6.07) is 0. The van der Waals surface area contributed by atoms with Crippen molar-refractivity contribution in [3.63, 3.8) is 0 Å². The molecule has 0 atom stereocenters. The number of nitrogens with two attached hydrogens (primary N) is 1. The Kier molecular flexibility index (Phi) is 3.44. The lowest BCUT2D eigenvalue weighted by Crippen LogP contribution is -2.07. The minimum Gasteiger partial charge on any atom is -0.327 e. The first kappa shape index (κ1) is 7.63. The summed E-state index contributed by atoms with van der Waals surface area (Å²) in [5.41, 5.74) is 5.85. The fraction of sp³-hybridized carbons (Fsp3) is 0.667. The van der Waals surface area contributed by atoms with E-state index in [1.807, 2.05) is 13.8 Å². The summed E-state index contributed by atoms with van der Waals surface area (Å²) in [6.45, 7) is 4.16. The maximum atomic E-state index is 11.7. The van der Waals surface area contributed by atoms with E-state index < -0.39 is 0 Å². The van der Waals surface area contributed by atoms with Gasteiger partial charge in [-0.3, -0.25) is 0 Å². The molecule has 1 nitrogen and oxygen atoms in total. The highest BCUT2D eigenvalue weighted by atomic mass is 19.1. The highest BCUT2D eigenvalue weighted by molar-refractivity contribution is 5.01. The summed E-state index contributed by atoms with van der Waals surface area (Å²) in [4.78, 5) is 0. The summed E-state index contributed by atoms with van der Waals surface area (Å²) in [6.07, 6.45) is 0.588. The molecule has 0 amide bonds. The van der Waals surface area contributed by atoms with Crippen LogP contribution >= 0.6 is 0 Å². The molecule has 48 valence electrons. The molecular formula is C6H12FN. The van der Waals surface area contributed by atoms with Crippen LogP contribution in [0.2, 0.25) is 0 Å². The van der Waals surface area contributed by atoms with E-state index in [0.717, 1.165) is 0 Å². The Balaban J connectivity index is 3.72.